The van der Waals surface area contributed by atoms with Crippen molar-refractivity contribution < 1.29 is 0 Å². The van der Waals surface area contributed by atoms with Gasteiger partial charge in [-0.25, -0.2) is 9.97 Å². The summed E-state index contributed by atoms with van der Waals surface area (Å²) < 4.78 is 7.28. The Labute approximate surface area is 452 Å². The van der Waals surface area contributed by atoms with E-state index in [4.69, 9.17) is 9.97 Å². The Balaban J connectivity index is 0.793. The van der Waals surface area contributed by atoms with E-state index in [1.165, 1.54) is 87.8 Å². The van der Waals surface area contributed by atoms with E-state index in [0.717, 1.165) is 67.6 Å². The van der Waals surface area contributed by atoms with Crippen molar-refractivity contribution in [3.8, 4) is 73.2 Å². The monoisotopic (exact) mass is 997 g/mol. The predicted octanol–water partition coefficient (Wildman–Crippen LogP) is 19.0. The van der Waals surface area contributed by atoms with Gasteiger partial charge in [-0.1, -0.05) is 187 Å². The van der Waals surface area contributed by atoms with Gasteiger partial charge in [-0.05, 0) is 127 Å². The summed E-state index contributed by atoms with van der Waals surface area (Å²) in [5.74, 6) is 0.719. The average molecular weight is 998 g/mol. The Morgan fingerprint density at radius 3 is 1.08 bits per heavy atom. The Kier molecular flexibility index (Phi) is 10.5. The van der Waals surface area contributed by atoms with Crippen LogP contribution < -0.4 is 0 Å². The topological polar surface area (TPSA) is 40.6 Å². The molecule has 0 N–H and O–H groups in total. The number of para-hydroxylation sites is 4. The van der Waals surface area contributed by atoms with Crippen molar-refractivity contribution in [2.75, 3.05) is 0 Å². The SMILES string of the molecule is Cc1ccc(-c2cc(-c3ccc(-c4ccc(-c5ccc(-n6c7ccc(-n8c9ccccc9c9ccccc98)cc7c7cc(-n8c9ccccc9c9ccccc98)ccc76)cc5)c(C)c4)cc3)nc(-c3ccc(C)cc3)n2)cc1. The number of benzene rings is 11. The van der Waals surface area contributed by atoms with E-state index in [-0.39, 0.29) is 0 Å². The molecule has 15 aromatic rings. The predicted molar refractivity (Wildman–Crippen MR) is 326 cm³/mol. The maximum Gasteiger partial charge on any atom is 0.160 e. The van der Waals surface area contributed by atoms with Gasteiger partial charge in [-0.3, -0.25) is 0 Å². The molecule has 78 heavy (non-hydrogen) atoms. The summed E-state index contributed by atoms with van der Waals surface area (Å²) in [6.07, 6.45) is 0. The molecule has 15 rings (SSSR count). The van der Waals surface area contributed by atoms with Crippen LogP contribution in [0.15, 0.2) is 255 Å². The van der Waals surface area contributed by atoms with Crippen molar-refractivity contribution in [2.45, 2.75) is 20.8 Å². The third-order valence-corrected chi connectivity index (χ3v) is 16.0. The second-order valence-electron chi connectivity index (χ2n) is 20.8. The lowest BCUT2D eigenvalue weighted by Gasteiger charge is -2.13. The van der Waals surface area contributed by atoms with Gasteiger partial charge in [-0.2, -0.15) is 0 Å². The Morgan fingerprint density at radius 2 is 0.615 bits per heavy atom. The first kappa shape index (κ1) is 45.3. The lowest BCUT2D eigenvalue weighted by molar-refractivity contribution is 1.16. The molecule has 0 amide bonds. The van der Waals surface area contributed by atoms with Crippen molar-refractivity contribution in [2.24, 2.45) is 0 Å². The molecule has 0 aliphatic heterocycles. The summed E-state index contributed by atoms with van der Waals surface area (Å²) in [5, 5.41) is 7.41. The standard InChI is InChI=1S/C73H51N5/c1-46-20-24-51(25-21-46)65-45-66(75-73(74-65)53-26-22-47(2)23-27-53)52-30-28-49(29-31-52)54-34-39-58(48(3)42-54)50-32-35-55(36-33-50)76-71-40-37-56(77-67-16-8-4-12-59(67)60-13-5-9-17-68(60)77)43-63(71)64-44-57(38-41-72(64)76)78-69-18-10-6-14-61(69)62-15-7-11-19-70(62)78/h4-45H,1-3H3. The van der Waals surface area contributed by atoms with Crippen molar-refractivity contribution in [3.63, 3.8) is 0 Å². The molecule has 0 bridgehead atoms. The second kappa shape index (κ2) is 18.0. The molecular weight excluding hydrogens is 947 g/mol. The number of rotatable bonds is 8. The molecular formula is C73H51N5. The summed E-state index contributed by atoms with van der Waals surface area (Å²) in [5.41, 5.74) is 23.8. The minimum atomic E-state index is 0.719. The molecule has 0 saturated heterocycles. The van der Waals surface area contributed by atoms with E-state index in [1.807, 2.05) is 0 Å². The fourth-order valence-electron chi connectivity index (χ4n) is 12.0. The molecule has 11 aromatic carbocycles. The lowest BCUT2D eigenvalue weighted by Crippen LogP contribution is -1.96. The Bertz CT molecular complexity index is 4500. The van der Waals surface area contributed by atoms with E-state index in [0.29, 0.717) is 0 Å². The quantitative estimate of drug-likeness (QED) is 0.152. The minimum absolute atomic E-state index is 0.719. The molecule has 5 nitrogen and oxygen atoms in total. The van der Waals surface area contributed by atoms with E-state index in [9.17, 15) is 0 Å². The number of hydrogen-bond acceptors (Lipinski definition) is 2. The van der Waals surface area contributed by atoms with E-state index in [1.54, 1.807) is 0 Å². The van der Waals surface area contributed by atoms with Crippen LogP contribution in [0.1, 0.15) is 16.7 Å². The molecule has 4 heterocycles. The van der Waals surface area contributed by atoms with E-state index < -0.39 is 0 Å². The first-order valence-electron chi connectivity index (χ1n) is 26.8. The van der Waals surface area contributed by atoms with Crippen LogP contribution in [0.25, 0.3) is 139 Å². The van der Waals surface area contributed by atoms with Gasteiger partial charge in [0.25, 0.3) is 0 Å². The molecule has 0 spiro atoms. The van der Waals surface area contributed by atoms with Crippen LogP contribution in [0.4, 0.5) is 0 Å². The Hall–Kier alpha value is -10.1. The van der Waals surface area contributed by atoms with Crippen molar-refractivity contribution in [1.82, 2.24) is 23.7 Å². The number of hydrogen-bond donors (Lipinski definition) is 0. The molecule has 0 aliphatic carbocycles. The summed E-state index contributed by atoms with van der Waals surface area (Å²) in [4.78, 5) is 10.2. The van der Waals surface area contributed by atoms with Gasteiger partial charge in [0.05, 0.1) is 44.5 Å². The van der Waals surface area contributed by atoms with Gasteiger partial charge in [-0.15, -0.1) is 0 Å². The smallest absolute Gasteiger partial charge is 0.160 e. The summed E-state index contributed by atoms with van der Waals surface area (Å²) in [6, 6.07) is 92.9. The summed E-state index contributed by atoms with van der Waals surface area (Å²) >= 11 is 0. The number of aromatic nitrogens is 5. The third-order valence-electron chi connectivity index (χ3n) is 16.0. The number of nitrogens with zero attached hydrogens (tertiary/aromatic N) is 5. The highest BCUT2D eigenvalue weighted by Crippen LogP contribution is 2.41. The van der Waals surface area contributed by atoms with Crippen LogP contribution >= 0.6 is 0 Å². The zero-order valence-corrected chi connectivity index (χ0v) is 43.5. The van der Waals surface area contributed by atoms with Crippen LogP contribution in [0.2, 0.25) is 0 Å². The molecule has 0 radical (unpaired) electrons. The maximum atomic E-state index is 5.11. The highest BCUT2D eigenvalue weighted by molar-refractivity contribution is 6.14. The molecule has 368 valence electrons. The Morgan fingerprint density at radius 1 is 0.256 bits per heavy atom. The zero-order chi connectivity index (χ0) is 52.0. The minimum Gasteiger partial charge on any atom is -0.309 e. The van der Waals surface area contributed by atoms with Gasteiger partial charge >= 0.3 is 0 Å². The normalized spacial score (nSPS) is 11.8. The van der Waals surface area contributed by atoms with E-state index >= 15 is 0 Å². The fourth-order valence-corrected chi connectivity index (χ4v) is 12.0. The molecule has 0 aliphatic rings. The molecule has 0 fully saturated rings. The van der Waals surface area contributed by atoms with E-state index in [2.05, 4.69) is 289 Å². The number of fused-ring (bicyclic) bond motifs is 9. The van der Waals surface area contributed by atoms with Crippen LogP contribution in [0.5, 0.6) is 0 Å². The maximum absolute atomic E-state index is 5.11. The van der Waals surface area contributed by atoms with Crippen molar-refractivity contribution >= 4 is 65.4 Å². The van der Waals surface area contributed by atoms with Gasteiger partial charge in [0.2, 0.25) is 0 Å². The van der Waals surface area contributed by atoms with Gasteiger partial charge in [0.15, 0.2) is 5.82 Å². The first-order chi connectivity index (χ1) is 38.4. The average Bonchev–Trinajstić information content (AvgIpc) is 4.23. The van der Waals surface area contributed by atoms with Gasteiger partial charge in [0, 0.05) is 66.1 Å². The zero-order valence-electron chi connectivity index (χ0n) is 43.5. The van der Waals surface area contributed by atoms with Gasteiger partial charge < -0.3 is 13.7 Å². The molecule has 0 unspecified atom stereocenters. The first-order valence-corrected chi connectivity index (χ1v) is 26.8. The van der Waals surface area contributed by atoms with Crippen LogP contribution in [0.3, 0.4) is 0 Å². The van der Waals surface area contributed by atoms with Crippen molar-refractivity contribution in [3.05, 3.63) is 271 Å². The highest BCUT2D eigenvalue weighted by atomic mass is 15.0. The summed E-state index contributed by atoms with van der Waals surface area (Å²) in [7, 11) is 0. The van der Waals surface area contributed by atoms with Gasteiger partial charge in [0.1, 0.15) is 0 Å². The lowest BCUT2D eigenvalue weighted by atomic mass is 9.95. The highest BCUT2D eigenvalue weighted by Gasteiger charge is 2.20. The molecule has 5 heteroatoms. The summed E-state index contributed by atoms with van der Waals surface area (Å²) in [6.45, 7) is 6.43. The second-order valence-corrected chi connectivity index (χ2v) is 20.8. The molecule has 0 saturated carbocycles. The fraction of sp³-hybridized carbons (Fsp3) is 0.0411. The van der Waals surface area contributed by atoms with Crippen LogP contribution in [0, 0.1) is 20.8 Å². The molecule has 0 atom stereocenters. The van der Waals surface area contributed by atoms with Crippen molar-refractivity contribution in [1.29, 1.82) is 0 Å². The molecule has 4 aromatic heterocycles. The largest absolute Gasteiger partial charge is 0.309 e. The van der Waals surface area contributed by atoms with Crippen LogP contribution in [-0.4, -0.2) is 23.7 Å². The third kappa shape index (κ3) is 7.46. The van der Waals surface area contributed by atoms with Crippen LogP contribution in [-0.2, 0) is 0 Å². The number of aryl methyl sites for hydroxylation is 3.